The van der Waals surface area contributed by atoms with Gasteiger partial charge in [-0.2, -0.15) is 0 Å². The third-order valence-corrected chi connectivity index (χ3v) is 4.51. The zero-order chi connectivity index (χ0) is 18.4. The monoisotopic (exact) mass is 390 g/mol. The fourth-order valence-electron chi connectivity index (χ4n) is 3.06. The van der Waals surface area contributed by atoms with Crippen LogP contribution in [0.2, 0.25) is 0 Å². The number of rotatable bonds is 7. The third kappa shape index (κ3) is 5.67. The Bertz CT molecular complexity index is 780. The summed E-state index contributed by atoms with van der Waals surface area (Å²) >= 11 is 0. The molecule has 3 N–H and O–H groups in total. The quantitative estimate of drug-likeness (QED) is 0.496. The molecule has 0 radical (unpaired) electrons. The number of nitro groups is 1. The van der Waals surface area contributed by atoms with E-state index in [9.17, 15) is 14.9 Å². The standard InChI is InChI=1S/C19H22N4O3.ClH/c24-19(21-11-9-14-8-10-20-13-14)15-6-7-17(18(12-15)23(25)26)22-16-4-2-1-3-5-16;/h1-7,12,14,20,22H,8-11,13H2,(H,21,24);1H. The zero-order valence-corrected chi connectivity index (χ0v) is 15.6. The number of nitrogens with zero attached hydrogens (tertiary/aromatic N) is 1. The van der Waals surface area contributed by atoms with Gasteiger partial charge in [-0.15, -0.1) is 12.4 Å². The SMILES string of the molecule is Cl.O=C(NCCC1CCNC1)c1ccc(Nc2ccccc2)c([N+](=O)[O-])c1. The van der Waals surface area contributed by atoms with Crippen LogP contribution < -0.4 is 16.0 Å². The number of benzene rings is 2. The van der Waals surface area contributed by atoms with Gasteiger partial charge in [0.25, 0.3) is 11.6 Å². The second-order valence-electron chi connectivity index (χ2n) is 6.38. The molecule has 1 fully saturated rings. The van der Waals surface area contributed by atoms with Crippen molar-refractivity contribution in [3.8, 4) is 0 Å². The highest BCUT2D eigenvalue weighted by molar-refractivity contribution is 5.95. The Morgan fingerprint density at radius 2 is 2.00 bits per heavy atom. The maximum Gasteiger partial charge on any atom is 0.293 e. The average molecular weight is 391 g/mol. The summed E-state index contributed by atoms with van der Waals surface area (Å²) in [5.41, 5.74) is 1.27. The number of hydrogen-bond acceptors (Lipinski definition) is 5. The molecule has 0 aromatic heterocycles. The van der Waals surface area contributed by atoms with E-state index in [0.29, 0.717) is 23.7 Å². The van der Waals surface area contributed by atoms with E-state index in [-0.39, 0.29) is 24.0 Å². The van der Waals surface area contributed by atoms with Crippen LogP contribution in [0.1, 0.15) is 23.2 Å². The highest BCUT2D eigenvalue weighted by Crippen LogP contribution is 2.28. The van der Waals surface area contributed by atoms with Crippen molar-refractivity contribution in [1.29, 1.82) is 0 Å². The first-order valence-electron chi connectivity index (χ1n) is 8.73. The van der Waals surface area contributed by atoms with Crippen LogP contribution in [0.25, 0.3) is 0 Å². The Morgan fingerprint density at radius 1 is 1.22 bits per heavy atom. The third-order valence-electron chi connectivity index (χ3n) is 4.51. The lowest BCUT2D eigenvalue weighted by Gasteiger charge is -2.11. The van der Waals surface area contributed by atoms with Gasteiger partial charge in [0.1, 0.15) is 5.69 Å². The number of para-hydroxylation sites is 1. The van der Waals surface area contributed by atoms with Gasteiger partial charge < -0.3 is 16.0 Å². The second kappa shape index (κ2) is 9.89. The number of halogens is 1. The number of hydrogen-bond donors (Lipinski definition) is 3. The molecule has 2 aromatic rings. The van der Waals surface area contributed by atoms with E-state index >= 15 is 0 Å². The van der Waals surface area contributed by atoms with E-state index in [1.165, 1.54) is 6.07 Å². The van der Waals surface area contributed by atoms with Crippen LogP contribution >= 0.6 is 12.4 Å². The van der Waals surface area contributed by atoms with Crippen LogP contribution in [0.15, 0.2) is 48.5 Å². The van der Waals surface area contributed by atoms with E-state index in [1.807, 2.05) is 30.3 Å². The van der Waals surface area contributed by atoms with Crippen LogP contribution in [-0.2, 0) is 0 Å². The molecule has 0 spiro atoms. The lowest BCUT2D eigenvalue weighted by molar-refractivity contribution is -0.383. The maximum atomic E-state index is 12.3. The molecule has 1 atom stereocenters. The number of nitrogens with one attached hydrogen (secondary N) is 3. The molecule has 27 heavy (non-hydrogen) atoms. The Balaban J connectivity index is 0.00000261. The summed E-state index contributed by atoms with van der Waals surface area (Å²) in [5, 5.41) is 20.6. The second-order valence-corrected chi connectivity index (χ2v) is 6.38. The summed E-state index contributed by atoms with van der Waals surface area (Å²) in [5.74, 6) is 0.299. The summed E-state index contributed by atoms with van der Waals surface area (Å²) in [6.07, 6.45) is 2.04. The first-order chi connectivity index (χ1) is 12.6. The summed E-state index contributed by atoms with van der Waals surface area (Å²) in [7, 11) is 0. The van der Waals surface area contributed by atoms with Crippen LogP contribution in [0.3, 0.4) is 0 Å². The zero-order valence-electron chi connectivity index (χ0n) is 14.8. The van der Waals surface area contributed by atoms with Crippen LogP contribution in [0.4, 0.5) is 17.1 Å². The molecule has 2 aromatic carbocycles. The van der Waals surface area contributed by atoms with Crippen LogP contribution in [0, 0.1) is 16.0 Å². The Hall–Kier alpha value is -2.64. The molecule has 3 rings (SSSR count). The van der Waals surface area contributed by atoms with Crippen molar-refractivity contribution in [2.24, 2.45) is 5.92 Å². The summed E-state index contributed by atoms with van der Waals surface area (Å²) < 4.78 is 0. The molecule has 144 valence electrons. The molecular weight excluding hydrogens is 368 g/mol. The summed E-state index contributed by atoms with van der Waals surface area (Å²) in [4.78, 5) is 23.2. The average Bonchev–Trinajstić information content (AvgIpc) is 3.16. The fourth-order valence-corrected chi connectivity index (χ4v) is 3.06. The first kappa shape index (κ1) is 20.7. The molecule has 1 saturated heterocycles. The Labute approximate surface area is 164 Å². The van der Waals surface area contributed by atoms with Gasteiger partial charge >= 0.3 is 0 Å². The minimum absolute atomic E-state index is 0. The molecule has 0 saturated carbocycles. The van der Waals surface area contributed by atoms with Crippen LogP contribution in [-0.4, -0.2) is 30.5 Å². The van der Waals surface area contributed by atoms with Gasteiger partial charge in [-0.25, -0.2) is 0 Å². The van der Waals surface area contributed by atoms with Crippen molar-refractivity contribution in [2.75, 3.05) is 25.0 Å². The largest absolute Gasteiger partial charge is 0.352 e. The predicted molar refractivity (Wildman–Crippen MR) is 108 cm³/mol. The number of carbonyl (C=O) groups excluding carboxylic acids is 1. The molecule has 1 amide bonds. The smallest absolute Gasteiger partial charge is 0.293 e. The molecule has 1 aliphatic heterocycles. The molecule has 1 unspecified atom stereocenters. The van der Waals surface area contributed by atoms with Crippen molar-refractivity contribution in [2.45, 2.75) is 12.8 Å². The topological polar surface area (TPSA) is 96.3 Å². The van der Waals surface area contributed by atoms with Gasteiger partial charge in [-0.3, -0.25) is 14.9 Å². The normalized spacial score (nSPS) is 15.6. The van der Waals surface area contributed by atoms with E-state index in [2.05, 4.69) is 16.0 Å². The minimum Gasteiger partial charge on any atom is -0.352 e. The van der Waals surface area contributed by atoms with Gasteiger partial charge in [0.2, 0.25) is 0 Å². The lowest BCUT2D eigenvalue weighted by atomic mass is 10.1. The van der Waals surface area contributed by atoms with Gasteiger partial charge in [-0.05, 0) is 56.1 Å². The van der Waals surface area contributed by atoms with Gasteiger partial charge in [0.05, 0.1) is 4.92 Å². The summed E-state index contributed by atoms with van der Waals surface area (Å²) in [6, 6.07) is 13.7. The number of anilines is 2. The number of amides is 1. The van der Waals surface area contributed by atoms with Gasteiger partial charge in [0, 0.05) is 23.9 Å². The van der Waals surface area contributed by atoms with Gasteiger partial charge in [0.15, 0.2) is 0 Å². The molecule has 7 nitrogen and oxygen atoms in total. The van der Waals surface area contributed by atoms with Crippen molar-refractivity contribution < 1.29 is 9.72 Å². The highest BCUT2D eigenvalue weighted by atomic mass is 35.5. The van der Waals surface area contributed by atoms with Crippen molar-refractivity contribution >= 4 is 35.4 Å². The van der Waals surface area contributed by atoms with Crippen molar-refractivity contribution in [3.63, 3.8) is 0 Å². The molecule has 8 heteroatoms. The van der Waals surface area contributed by atoms with E-state index < -0.39 is 4.92 Å². The minimum atomic E-state index is -0.480. The number of nitro benzene ring substituents is 1. The van der Waals surface area contributed by atoms with Gasteiger partial charge in [-0.1, -0.05) is 18.2 Å². The molecule has 0 bridgehead atoms. The van der Waals surface area contributed by atoms with E-state index in [0.717, 1.165) is 31.6 Å². The highest BCUT2D eigenvalue weighted by Gasteiger charge is 2.18. The number of carbonyl (C=O) groups is 1. The van der Waals surface area contributed by atoms with Crippen molar-refractivity contribution in [1.82, 2.24) is 10.6 Å². The summed E-state index contributed by atoms with van der Waals surface area (Å²) in [6.45, 7) is 2.59. The molecule has 1 aliphatic rings. The predicted octanol–water partition coefficient (Wildman–Crippen LogP) is 3.49. The first-order valence-corrected chi connectivity index (χ1v) is 8.73. The van der Waals surface area contributed by atoms with E-state index in [4.69, 9.17) is 0 Å². The molecule has 1 heterocycles. The lowest BCUT2D eigenvalue weighted by Crippen LogP contribution is -2.26. The van der Waals surface area contributed by atoms with Crippen molar-refractivity contribution in [3.05, 3.63) is 64.2 Å². The fraction of sp³-hybridized carbons (Fsp3) is 0.316. The van der Waals surface area contributed by atoms with E-state index in [1.54, 1.807) is 12.1 Å². The molecular formula is C19H23ClN4O3. The Kier molecular flexibility index (Phi) is 7.57. The maximum absolute atomic E-state index is 12.3. The Morgan fingerprint density at radius 3 is 2.67 bits per heavy atom. The molecule has 0 aliphatic carbocycles. The van der Waals surface area contributed by atoms with Crippen LogP contribution in [0.5, 0.6) is 0 Å².